The van der Waals surface area contributed by atoms with E-state index in [-0.39, 0.29) is 36.2 Å². The third-order valence-electron chi connectivity index (χ3n) is 2.05. The second-order valence-corrected chi connectivity index (χ2v) is 4.46. The second kappa shape index (κ2) is 5.48. The number of hydrogen-bond donors (Lipinski definition) is 0. The van der Waals surface area contributed by atoms with E-state index < -0.39 is 0 Å². The van der Waals surface area contributed by atoms with E-state index in [0.29, 0.717) is 0 Å². The molecule has 0 aromatic rings. The third-order valence-corrected chi connectivity index (χ3v) is 2.05. The first-order chi connectivity index (χ1) is 5.49. The van der Waals surface area contributed by atoms with Crippen LogP contribution in [-0.4, -0.2) is 57.6 Å². The number of halogens is 1. The average Bonchev–Trinajstić information content (AvgIpc) is 1.91. The summed E-state index contributed by atoms with van der Waals surface area (Å²) in [4.78, 5) is 0. The molecule has 0 amide bonds. The minimum absolute atomic E-state index is 0. The average molecular weight is 301 g/mol. The molecule has 4 heteroatoms. The van der Waals surface area contributed by atoms with Crippen molar-refractivity contribution in [3.63, 3.8) is 0 Å². The normalized spacial score (nSPS) is 29.5. The molecule has 1 aliphatic heterocycles. The zero-order valence-corrected chi connectivity index (χ0v) is 11.1. The molecule has 0 radical (unpaired) electrons. The molecule has 1 rings (SSSR count). The Morgan fingerprint density at radius 3 is 2.15 bits per heavy atom. The highest BCUT2D eigenvalue weighted by atomic mass is 127. The summed E-state index contributed by atoms with van der Waals surface area (Å²) in [5, 5.41) is 0. The van der Waals surface area contributed by atoms with Gasteiger partial charge >= 0.3 is 0 Å². The van der Waals surface area contributed by atoms with Crippen LogP contribution in [0, 0.1) is 0 Å². The van der Waals surface area contributed by atoms with Gasteiger partial charge < -0.3 is 37.9 Å². The fourth-order valence-corrected chi connectivity index (χ4v) is 1.42. The molecule has 3 nitrogen and oxygen atoms in total. The van der Waals surface area contributed by atoms with Crippen LogP contribution in [0.15, 0.2) is 0 Å². The summed E-state index contributed by atoms with van der Waals surface area (Å²) in [7, 11) is 6.51. The van der Waals surface area contributed by atoms with E-state index in [1.54, 1.807) is 0 Å². The van der Waals surface area contributed by atoms with Gasteiger partial charge in [0.2, 0.25) is 0 Å². The van der Waals surface area contributed by atoms with Crippen molar-refractivity contribution < 1.29 is 37.9 Å². The Balaban J connectivity index is 0.00000144. The van der Waals surface area contributed by atoms with Crippen molar-refractivity contribution in [1.82, 2.24) is 0 Å². The van der Waals surface area contributed by atoms with Crippen molar-refractivity contribution in [2.24, 2.45) is 0 Å². The molecule has 1 aliphatic rings. The van der Waals surface area contributed by atoms with Crippen molar-refractivity contribution in [2.45, 2.75) is 19.1 Å². The number of nitrogens with zero attached hydrogens (tertiary/aromatic N) is 1. The van der Waals surface area contributed by atoms with E-state index in [4.69, 9.17) is 9.47 Å². The maximum Gasteiger partial charge on any atom is 0.132 e. The summed E-state index contributed by atoms with van der Waals surface area (Å²) >= 11 is 0. The standard InChI is InChI=1S/C9H20NO2.HI/c1-8-9(7-10(2,3)4)12-6-5-11-8;/h8-9H,5-7H2,1-4H3;1H/q+1;/p-1/t8-,9+;/m0./s1. The van der Waals surface area contributed by atoms with Crippen LogP contribution in [0.25, 0.3) is 0 Å². The molecule has 2 atom stereocenters. The van der Waals surface area contributed by atoms with Gasteiger partial charge in [0.1, 0.15) is 12.6 Å². The number of quaternary nitrogens is 1. The van der Waals surface area contributed by atoms with Gasteiger partial charge in [0.15, 0.2) is 0 Å². The highest BCUT2D eigenvalue weighted by molar-refractivity contribution is 4.68. The number of hydrogen-bond acceptors (Lipinski definition) is 2. The Hall–Kier alpha value is 0.610. The Labute approximate surface area is 98.0 Å². The fraction of sp³-hybridized carbons (Fsp3) is 1.00. The molecule has 0 unspecified atom stereocenters. The largest absolute Gasteiger partial charge is 1.00 e. The molecule has 0 aromatic heterocycles. The summed E-state index contributed by atoms with van der Waals surface area (Å²) in [5.74, 6) is 0. The molecule has 80 valence electrons. The minimum atomic E-state index is 0. The van der Waals surface area contributed by atoms with Gasteiger partial charge in [-0.1, -0.05) is 0 Å². The summed E-state index contributed by atoms with van der Waals surface area (Å²) in [6.45, 7) is 4.59. The molecule has 1 fully saturated rings. The predicted molar refractivity (Wildman–Crippen MR) is 48.1 cm³/mol. The van der Waals surface area contributed by atoms with Crippen LogP contribution in [0.4, 0.5) is 0 Å². The van der Waals surface area contributed by atoms with E-state index in [1.165, 1.54) is 0 Å². The van der Waals surface area contributed by atoms with E-state index in [1.807, 2.05) is 0 Å². The minimum Gasteiger partial charge on any atom is -1.00 e. The van der Waals surface area contributed by atoms with Gasteiger partial charge in [0, 0.05) is 0 Å². The third kappa shape index (κ3) is 5.15. The first kappa shape index (κ1) is 13.6. The van der Waals surface area contributed by atoms with E-state index in [0.717, 1.165) is 24.2 Å². The highest BCUT2D eigenvalue weighted by Gasteiger charge is 2.27. The smallest absolute Gasteiger partial charge is 0.132 e. The van der Waals surface area contributed by atoms with E-state index >= 15 is 0 Å². The monoisotopic (exact) mass is 301 g/mol. The number of rotatable bonds is 2. The maximum atomic E-state index is 5.63. The van der Waals surface area contributed by atoms with Gasteiger partial charge in [-0.2, -0.15) is 0 Å². The molecular weight excluding hydrogens is 281 g/mol. The van der Waals surface area contributed by atoms with Crippen LogP contribution in [0.3, 0.4) is 0 Å². The lowest BCUT2D eigenvalue weighted by Crippen LogP contribution is -3.00. The molecule has 0 bridgehead atoms. The quantitative estimate of drug-likeness (QED) is 0.415. The van der Waals surface area contributed by atoms with Gasteiger partial charge in [-0.05, 0) is 6.92 Å². The Morgan fingerprint density at radius 2 is 1.69 bits per heavy atom. The lowest BCUT2D eigenvalue weighted by Gasteiger charge is -2.34. The first-order valence-electron chi connectivity index (χ1n) is 4.53. The molecule has 0 aliphatic carbocycles. The highest BCUT2D eigenvalue weighted by Crippen LogP contribution is 2.11. The van der Waals surface area contributed by atoms with Gasteiger partial charge in [-0.15, -0.1) is 0 Å². The van der Waals surface area contributed by atoms with Gasteiger partial charge in [-0.3, -0.25) is 0 Å². The van der Waals surface area contributed by atoms with Crippen molar-refractivity contribution in [1.29, 1.82) is 0 Å². The zero-order valence-electron chi connectivity index (χ0n) is 8.92. The zero-order chi connectivity index (χ0) is 9.19. The SMILES string of the molecule is C[C@@H]1OCCO[C@@H]1C[N+](C)(C)C.[I-]. The van der Waals surface area contributed by atoms with Crippen LogP contribution < -0.4 is 24.0 Å². The van der Waals surface area contributed by atoms with Gasteiger partial charge in [-0.25, -0.2) is 0 Å². The summed E-state index contributed by atoms with van der Waals surface area (Å²) in [6.07, 6.45) is 0.509. The van der Waals surface area contributed by atoms with Crippen molar-refractivity contribution in [3.8, 4) is 0 Å². The van der Waals surface area contributed by atoms with Gasteiger partial charge in [0.05, 0.1) is 40.5 Å². The molecule has 1 heterocycles. The van der Waals surface area contributed by atoms with E-state index in [9.17, 15) is 0 Å². The Kier molecular flexibility index (Phi) is 5.74. The van der Waals surface area contributed by atoms with Crippen molar-refractivity contribution in [3.05, 3.63) is 0 Å². The first-order valence-corrected chi connectivity index (χ1v) is 4.53. The molecule has 0 aromatic carbocycles. The topological polar surface area (TPSA) is 18.5 Å². The number of ether oxygens (including phenoxy) is 2. The molecule has 0 saturated carbocycles. The fourth-order valence-electron chi connectivity index (χ4n) is 1.42. The number of likely N-dealkylation sites (N-methyl/N-ethyl adjacent to an activating group) is 1. The molecular formula is C9H20INO2. The second-order valence-electron chi connectivity index (χ2n) is 4.46. The Bertz CT molecular complexity index is 147. The summed E-state index contributed by atoms with van der Waals surface area (Å²) in [5.41, 5.74) is 0. The molecule has 0 N–H and O–H groups in total. The van der Waals surface area contributed by atoms with Crippen LogP contribution in [-0.2, 0) is 9.47 Å². The van der Waals surface area contributed by atoms with Crippen LogP contribution >= 0.6 is 0 Å². The molecule has 13 heavy (non-hydrogen) atoms. The lowest BCUT2D eigenvalue weighted by atomic mass is 10.2. The van der Waals surface area contributed by atoms with Gasteiger partial charge in [0.25, 0.3) is 0 Å². The van der Waals surface area contributed by atoms with Crippen molar-refractivity contribution in [2.75, 3.05) is 40.9 Å². The van der Waals surface area contributed by atoms with Crippen LogP contribution in [0.5, 0.6) is 0 Å². The van der Waals surface area contributed by atoms with Crippen LogP contribution in [0.2, 0.25) is 0 Å². The van der Waals surface area contributed by atoms with E-state index in [2.05, 4.69) is 28.1 Å². The molecule has 0 spiro atoms. The summed E-state index contributed by atoms with van der Waals surface area (Å²) < 4.78 is 12.1. The Morgan fingerprint density at radius 1 is 1.15 bits per heavy atom. The van der Waals surface area contributed by atoms with Crippen LogP contribution in [0.1, 0.15) is 6.92 Å². The van der Waals surface area contributed by atoms with Crippen molar-refractivity contribution >= 4 is 0 Å². The molecule has 1 saturated heterocycles. The summed E-state index contributed by atoms with van der Waals surface area (Å²) in [6, 6.07) is 0. The maximum absolute atomic E-state index is 5.63. The lowest BCUT2D eigenvalue weighted by molar-refractivity contribution is -0.874. The predicted octanol–water partition coefficient (Wildman–Crippen LogP) is -2.50.